The molecule has 0 radical (unpaired) electrons. The van der Waals surface area contributed by atoms with Gasteiger partial charge in [-0.3, -0.25) is 9.48 Å². The fraction of sp³-hybridized carbons (Fsp3) is 0.474. The first-order valence-corrected chi connectivity index (χ1v) is 8.24. The highest BCUT2D eigenvalue weighted by Gasteiger charge is 2.29. The molecule has 1 atom stereocenters. The van der Waals surface area contributed by atoms with Gasteiger partial charge in [-0.1, -0.05) is 45.9 Å². The number of hydrogen-bond acceptors (Lipinski definition) is 2. The number of amides is 1. The lowest BCUT2D eigenvalue weighted by atomic mass is 9.91. The third-order valence-electron chi connectivity index (χ3n) is 4.66. The van der Waals surface area contributed by atoms with Gasteiger partial charge in [0.1, 0.15) is 5.69 Å². The van der Waals surface area contributed by atoms with Gasteiger partial charge in [0.2, 0.25) is 0 Å². The van der Waals surface area contributed by atoms with Gasteiger partial charge in [0, 0.05) is 24.7 Å². The molecule has 1 aromatic carbocycles. The smallest absolute Gasteiger partial charge is 0.276 e. The molecule has 1 unspecified atom stereocenters. The van der Waals surface area contributed by atoms with Gasteiger partial charge in [-0.15, -0.1) is 0 Å². The summed E-state index contributed by atoms with van der Waals surface area (Å²) in [7, 11) is 1.85. The molecule has 2 aromatic rings. The van der Waals surface area contributed by atoms with Crippen molar-refractivity contribution >= 4 is 11.6 Å². The van der Waals surface area contributed by atoms with Gasteiger partial charge in [-0.25, -0.2) is 0 Å². The van der Waals surface area contributed by atoms with E-state index in [1.807, 2.05) is 36.2 Å². The molecule has 0 saturated carbocycles. The minimum Gasteiger partial charge on any atom is -0.307 e. The minimum absolute atomic E-state index is 0.0369. The lowest BCUT2D eigenvalue weighted by molar-refractivity contribution is 0.0975. The summed E-state index contributed by atoms with van der Waals surface area (Å²) in [4.78, 5) is 15.0. The molecule has 0 bridgehead atoms. The van der Waals surface area contributed by atoms with Gasteiger partial charge >= 0.3 is 0 Å². The molecule has 2 heterocycles. The molecule has 0 saturated heterocycles. The van der Waals surface area contributed by atoms with Crippen LogP contribution in [0.5, 0.6) is 0 Å². The van der Waals surface area contributed by atoms with E-state index in [0.717, 1.165) is 24.3 Å². The Kier molecular flexibility index (Phi) is 3.78. The van der Waals surface area contributed by atoms with Gasteiger partial charge < -0.3 is 4.90 Å². The number of carbonyl (C=O) groups is 1. The first-order chi connectivity index (χ1) is 10.8. The number of anilines is 1. The molecule has 0 N–H and O–H groups in total. The van der Waals surface area contributed by atoms with Gasteiger partial charge in [0.15, 0.2) is 0 Å². The molecule has 0 fully saturated rings. The number of fused-ring (bicyclic) bond motifs is 1. The zero-order chi connectivity index (χ0) is 16.8. The van der Waals surface area contributed by atoms with Crippen molar-refractivity contribution in [3.05, 3.63) is 47.3 Å². The summed E-state index contributed by atoms with van der Waals surface area (Å²) in [5.41, 5.74) is 3.83. The number of benzene rings is 1. The van der Waals surface area contributed by atoms with Crippen LogP contribution in [-0.2, 0) is 12.5 Å². The number of rotatable bonds is 1. The second kappa shape index (κ2) is 5.52. The zero-order valence-corrected chi connectivity index (χ0v) is 14.6. The maximum Gasteiger partial charge on any atom is 0.276 e. The standard InChI is InChI=1S/C19H25N3O/c1-13-10-11-22(15-9-7-6-8-14(13)15)18(23)16-12-17(19(2,3)4)20-21(16)5/h6-9,12-13H,10-11H2,1-5H3. The van der Waals surface area contributed by atoms with E-state index in [1.165, 1.54) is 5.56 Å². The summed E-state index contributed by atoms with van der Waals surface area (Å²) in [5, 5.41) is 4.54. The summed E-state index contributed by atoms with van der Waals surface area (Å²) in [6.07, 6.45) is 0.993. The van der Waals surface area contributed by atoms with E-state index >= 15 is 0 Å². The summed E-state index contributed by atoms with van der Waals surface area (Å²) in [5.74, 6) is 0.529. The number of aryl methyl sites for hydroxylation is 1. The Labute approximate surface area is 138 Å². The van der Waals surface area contributed by atoms with Crippen LogP contribution in [0, 0.1) is 0 Å². The topological polar surface area (TPSA) is 38.1 Å². The highest BCUT2D eigenvalue weighted by molar-refractivity contribution is 6.05. The van der Waals surface area contributed by atoms with Gasteiger partial charge in [-0.2, -0.15) is 5.10 Å². The van der Waals surface area contributed by atoms with Crippen molar-refractivity contribution in [1.82, 2.24) is 9.78 Å². The molecule has 4 nitrogen and oxygen atoms in total. The molecule has 4 heteroatoms. The van der Waals surface area contributed by atoms with Crippen LogP contribution in [0.15, 0.2) is 30.3 Å². The third kappa shape index (κ3) is 2.78. The van der Waals surface area contributed by atoms with Crippen LogP contribution in [0.4, 0.5) is 5.69 Å². The Morgan fingerprint density at radius 1 is 1.26 bits per heavy atom. The summed E-state index contributed by atoms with van der Waals surface area (Å²) in [6, 6.07) is 10.2. The van der Waals surface area contributed by atoms with Crippen LogP contribution in [0.1, 0.15) is 61.8 Å². The quantitative estimate of drug-likeness (QED) is 0.802. The van der Waals surface area contributed by atoms with E-state index < -0.39 is 0 Å². The van der Waals surface area contributed by atoms with Crippen molar-refractivity contribution < 1.29 is 4.79 Å². The maximum atomic E-state index is 13.1. The normalized spacial score (nSPS) is 18.0. The van der Waals surface area contributed by atoms with E-state index in [1.54, 1.807) is 4.68 Å². The SMILES string of the molecule is CC1CCN(C(=O)c2cc(C(C)(C)C)nn2C)c2ccccc21. The Morgan fingerprint density at radius 2 is 1.96 bits per heavy atom. The molecule has 1 aliphatic rings. The second-order valence-corrected chi connectivity index (χ2v) is 7.49. The zero-order valence-electron chi connectivity index (χ0n) is 14.6. The molecule has 0 spiro atoms. The molecular weight excluding hydrogens is 286 g/mol. The van der Waals surface area contributed by atoms with E-state index in [9.17, 15) is 4.79 Å². The van der Waals surface area contributed by atoms with Crippen molar-refractivity contribution in [2.24, 2.45) is 7.05 Å². The van der Waals surface area contributed by atoms with Gasteiger partial charge in [0.05, 0.1) is 5.69 Å². The van der Waals surface area contributed by atoms with Crippen LogP contribution in [0.2, 0.25) is 0 Å². The van der Waals surface area contributed by atoms with Gasteiger partial charge in [0.25, 0.3) is 5.91 Å². The van der Waals surface area contributed by atoms with Crippen molar-refractivity contribution in [1.29, 1.82) is 0 Å². The number of carbonyl (C=O) groups excluding carboxylic acids is 1. The fourth-order valence-corrected chi connectivity index (χ4v) is 3.13. The molecule has 122 valence electrons. The third-order valence-corrected chi connectivity index (χ3v) is 4.66. The lowest BCUT2D eigenvalue weighted by Crippen LogP contribution is -2.37. The van der Waals surface area contributed by atoms with E-state index in [4.69, 9.17) is 0 Å². The van der Waals surface area contributed by atoms with Crippen LogP contribution in [-0.4, -0.2) is 22.2 Å². The van der Waals surface area contributed by atoms with Crippen LogP contribution in [0.25, 0.3) is 0 Å². The molecule has 3 rings (SSSR count). The molecule has 1 aliphatic heterocycles. The highest BCUT2D eigenvalue weighted by atomic mass is 16.2. The molecule has 23 heavy (non-hydrogen) atoms. The summed E-state index contributed by atoms with van der Waals surface area (Å²) >= 11 is 0. The summed E-state index contributed by atoms with van der Waals surface area (Å²) < 4.78 is 1.71. The van der Waals surface area contributed by atoms with Crippen LogP contribution < -0.4 is 4.90 Å². The van der Waals surface area contributed by atoms with E-state index in [-0.39, 0.29) is 11.3 Å². The number of nitrogens with zero attached hydrogens (tertiary/aromatic N) is 3. The average Bonchev–Trinajstić information content (AvgIpc) is 2.89. The maximum absolute atomic E-state index is 13.1. The fourth-order valence-electron chi connectivity index (χ4n) is 3.13. The Hall–Kier alpha value is -2.10. The Bertz CT molecular complexity index is 739. The van der Waals surface area contributed by atoms with E-state index in [0.29, 0.717) is 11.6 Å². The monoisotopic (exact) mass is 311 g/mol. The first-order valence-electron chi connectivity index (χ1n) is 8.24. The molecule has 1 aromatic heterocycles. The van der Waals surface area contributed by atoms with Crippen LogP contribution in [0.3, 0.4) is 0 Å². The molecular formula is C19H25N3O. The number of para-hydroxylation sites is 1. The van der Waals surface area contributed by atoms with Crippen molar-refractivity contribution in [3.8, 4) is 0 Å². The van der Waals surface area contributed by atoms with E-state index in [2.05, 4.69) is 38.9 Å². The largest absolute Gasteiger partial charge is 0.307 e. The minimum atomic E-state index is -0.0649. The molecule has 0 aliphatic carbocycles. The second-order valence-electron chi connectivity index (χ2n) is 7.49. The number of aromatic nitrogens is 2. The Morgan fingerprint density at radius 3 is 2.61 bits per heavy atom. The number of hydrogen-bond donors (Lipinski definition) is 0. The van der Waals surface area contributed by atoms with Crippen molar-refractivity contribution in [2.75, 3.05) is 11.4 Å². The average molecular weight is 311 g/mol. The highest BCUT2D eigenvalue weighted by Crippen LogP contribution is 2.35. The predicted molar refractivity (Wildman–Crippen MR) is 93.1 cm³/mol. The predicted octanol–water partition coefficient (Wildman–Crippen LogP) is 3.87. The molecule has 1 amide bonds. The van der Waals surface area contributed by atoms with Gasteiger partial charge in [-0.05, 0) is 30.0 Å². The van der Waals surface area contributed by atoms with Crippen molar-refractivity contribution in [3.63, 3.8) is 0 Å². The first kappa shape index (κ1) is 15.8. The summed E-state index contributed by atoms with van der Waals surface area (Å²) in [6.45, 7) is 9.32. The lowest BCUT2D eigenvalue weighted by Gasteiger charge is -2.32. The Balaban J connectivity index is 1.99. The van der Waals surface area contributed by atoms with Crippen LogP contribution >= 0.6 is 0 Å². The van der Waals surface area contributed by atoms with Crippen molar-refractivity contribution in [2.45, 2.75) is 45.4 Å².